The molecule has 2 aromatic heterocycles. The molecule has 1 saturated heterocycles. The third-order valence-electron chi connectivity index (χ3n) is 4.48. The quantitative estimate of drug-likeness (QED) is 0.592. The smallest absolute Gasteiger partial charge is 0.188 e. The van der Waals surface area contributed by atoms with E-state index in [9.17, 15) is 0 Å². The predicted octanol–water partition coefficient (Wildman–Crippen LogP) is 0.875. The lowest BCUT2D eigenvalue weighted by atomic mass is 10.2. The third kappa shape index (κ3) is 5.42. The number of hydrogen-bond donors (Lipinski definition) is 2. The molecule has 0 aliphatic carbocycles. The van der Waals surface area contributed by atoms with E-state index in [4.69, 9.17) is 5.73 Å². The number of nitrogens with two attached hydrogens (primary N) is 1. The van der Waals surface area contributed by atoms with Crippen LogP contribution in [-0.2, 0) is 13.0 Å². The zero-order valence-electron chi connectivity index (χ0n) is 15.3. The summed E-state index contributed by atoms with van der Waals surface area (Å²) in [6.45, 7) is 5.41. The highest BCUT2D eigenvalue weighted by molar-refractivity contribution is 5.77. The number of aromatic nitrogens is 2. The van der Waals surface area contributed by atoms with Crippen molar-refractivity contribution in [2.75, 3.05) is 44.7 Å². The molecule has 1 aliphatic rings. The molecule has 1 aliphatic heterocycles. The van der Waals surface area contributed by atoms with Crippen molar-refractivity contribution in [1.82, 2.24) is 20.2 Å². The van der Waals surface area contributed by atoms with Gasteiger partial charge in [0.15, 0.2) is 5.96 Å². The highest BCUT2D eigenvalue weighted by atomic mass is 15.3. The Morgan fingerprint density at radius 2 is 2.00 bits per heavy atom. The first-order chi connectivity index (χ1) is 12.7. The van der Waals surface area contributed by atoms with E-state index in [1.54, 1.807) is 6.20 Å². The van der Waals surface area contributed by atoms with Crippen LogP contribution < -0.4 is 16.0 Å². The van der Waals surface area contributed by atoms with Gasteiger partial charge in [-0.15, -0.1) is 0 Å². The molecule has 0 aromatic carbocycles. The van der Waals surface area contributed by atoms with Crippen molar-refractivity contribution in [1.29, 1.82) is 0 Å². The molecule has 0 saturated carbocycles. The molecule has 0 radical (unpaired) electrons. The minimum atomic E-state index is 0.457. The molecular formula is C19H27N7. The van der Waals surface area contributed by atoms with Crippen molar-refractivity contribution in [2.24, 2.45) is 10.7 Å². The molecule has 2 aromatic rings. The molecule has 138 valence electrons. The van der Waals surface area contributed by atoms with Crippen LogP contribution in [0.3, 0.4) is 0 Å². The van der Waals surface area contributed by atoms with Gasteiger partial charge in [0.1, 0.15) is 5.82 Å². The molecule has 0 atom stereocenters. The average molecular weight is 353 g/mol. The van der Waals surface area contributed by atoms with Crippen molar-refractivity contribution in [3.63, 3.8) is 0 Å². The maximum atomic E-state index is 5.97. The Hall–Kier alpha value is -2.67. The van der Waals surface area contributed by atoms with Crippen molar-refractivity contribution in [2.45, 2.75) is 13.0 Å². The molecule has 0 bridgehead atoms. The van der Waals surface area contributed by atoms with Crippen molar-refractivity contribution >= 4 is 11.8 Å². The summed E-state index contributed by atoms with van der Waals surface area (Å²) in [5.41, 5.74) is 8.12. The zero-order chi connectivity index (χ0) is 18.2. The lowest BCUT2D eigenvalue weighted by Crippen LogP contribution is -2.44. The summed E-state index contributed by atoms with van der Waals surface area (Å²) >= 11 is 0. The monoisotopic (exact) mass is 353 g/mol. The van der Waals surface area contributed by atoms with Crippen LogP contribution in [0.4, 0.5) is 5.82 Å². The highest BCUT2D eigenvalue weighted by Gasteiger charge is 2.15. The number of piperazine rings is 1. The van der Waals surface area contributed by atoms with Crippen molar-refractivity contribution in [3.8, 4) is 0 Å². The van der Waals surface area contributed by atoms with Crippen LogP contribution in [0, 0.1) is 0 Å². The van der Waals surface area contributed by atoms with Crippen LogP contribution in [0.1, 0.15) is 11.3 Å². The summed E-state index contributed by atoms with van der Waals surface area (Å²) in [5.74, 6) is 1.48. The van der Waals surface area contributed by atoms with E-state index >= 15 is 0 Å². The lowest BCUT2D eigenvalue weighted by Gasteiger charge is -2.33. The second-order valence-electron chi connectivity index (χ2n) is 6.51. The van der Waals surface area contributed by atoms with Gasteiger partial charge < -0.3 is 20.9 Å². The second-order valence-corrected chi connectivity index (χ2v) is 6.51. The third-order valence-corrected chi connectivity index (χ3v) is 4.48. The minimum Gasteiger partial charge on any atom is -0.370 e. The van der Waals surface area contributed by atoms with Crippen LogP contribution in [-0.4, -0.2) is 60.6 Å². The summed E-state index contributed by atoms with van der Waals surface area (Å²) in [6, 6.07) is 10.0. The molecule has 7 nitrogen and oxygen atoms in total. The summed E-state index contributed by atoms with van der Waals surface area (Å²) in [4.78, 5) is 17.9. The topological polar surface area (TPSA) is 82.7 Å². The molecule has 3 heterocycles. The van der Waals surface area contributed by atoms with Gasteiger partial charge in [-0.05, 0) is 36.9 Å². The van der Waals surface area contributed by atoms with Gasteiger partial charge in [0, 0.05) is 57.2 Å². The number of pyridine rings is 2. The zero-order valence-corrected chi connectivity index (χ0v) is 15.3. The number of hydrogen-bond acceptors (Lipinski definition) is 5. The molecule has 3 rings (SSSR count). The number of likely N-dealkylation sites (N-methyl/N-ethyl adjacent to an activating group) is 1. The Balaban J connectivity index is 1.48. The molecule has 1 fully saturated rings. The Morgan fingerprint density at radius 3 is 2.77 bits per heavy atom. The van der Waals surface area contributed by atoms with Gasteiger partial charge in [-0.1, -0.05) is 6.07 Å². The molecule has 0 amide bonds. The van der Waals surface area contributed by atoms with Crippen LogP contribution in [0.15, 0.2) is 47.7 Å². The largest absolute Gasteiger partial charge is 0.370 e. The van der Waals surface area contributed by atoms with Crippen molar-refractivity contribution in [3.05, 3.63) is 54.0 Å². The van der Waals surface area contributed by atoms with Crippen LogP contribution in [0.25, 0.3) is 0 Å². The second kappa shape index (κ2) is 9.15. The van der Waals surface area contributed by atoms with Gasteiger partial charge in [0.25, 0.3) is 0 Å². The number of nitrogens with one attached hydrogen (secondary N) is 1. The predicted molar refractivity (Wildman–Crippen MR) is 105 cm³/mol. The van der Waals surface area contributed by atoms with E-state index in [0.717, 1.165) is 56.2 Å². The Kier molecular flexibility index (Phi) is 6.38. The first kappa shape index (κ1) is 18.1. The molecule has 0 unspecified atom stereocenters. The van der Waals surface area contributed by atoms with Gasteiger partial charge in [-0.25, -0.2) is 9.98 Å². The number of anilines is 1. The Morgan fingerprint density at radius 1 is 1.15 bits per heavy atom. The van der Waals surface area contributed by atoms with E-state index in [0.29, 0.717) is 12.5 Å². The maximum Gasteiger partial charge on any atom is 0.188 e. The maximum absolute atomic E-state index is 5.97. The van der Waals surface area contributed by atoms with Crippen LogP contribution >= 0.6 is 0 Å². The average Bonchev–Trinajstić information content (AvgIpc) is 2.68. The van der Waals surface area contributed by atoms with Crippen LogP contribution in [0.5, 0.6) is 0 Å². The Labute approximate surface area is 155 Å². The van der Waals surface area contributed by atoms with Crippen LogP contribution in [0.2, 0.25) is 0 Å². The standard InChI is InChI=1S/C19H27N7/c1-25-10-12-26(13-11-25)18-14-16(5-8-22-18)15-24-19(20)23-9-6-17-4-2-3-7-21-17/h2-5,7-8,14H,6,9-13,15H2,1H3,(H3,20,23,24). The van der Waals surface area contributed by atoms with Gasteiger partial charge in [-0.3, -0.25) is 4.98 Å². The fraction of sp³-hybridized carbons (Fsp3) is 0.421. The molecule has 3 N–H and O–H groups in total. The molecule has 7 heteroatoms. The fourth-order valence-corrected chi connectivity index (χ4v) is 2.86. The van der Waals surface area contributed by atoms with E-state index in [-0.39, 0.29) is 0 Å². The fourth-order valence-electron chi connectivity index (χ4n) is 2.86. The highest BCUT2D eigenvalue weighted by Crippen LogP contribution is 2.15. The Bertz CT molecular complexity index is 709. The first-order valence-corrected chi connectivity index (χ1v) is 9.03. The van der Waals surface area contributed by atoms with E-state index in [2.05, 4.69) is 43.2 Å². The number of nitrogens with zero attached hydrogens (tertiary/aromatic N) is 5. The number of aliphatic imine (C=N–C) groups is 1. The summed E-state index contributed by atoms with van der Waals surface area (Å²) in [5, 5.41) is 3.14. The van der Waals surface area contributed by atoms with E-state index in [1.807, 2.05) is 30.5 Å². The molecular weight excluding hydrogens is 326 g/mol. The normalized spacial score (nSPS) is 15.9. The van der Waals surface area contributed by atoms with E-state index < -0.39 is 0 Å². The minimum absolute atomic E-state index is 0.457. The van der Waals surface area contributed by atoms with Gasteiger partial charge in [0.2, 0.25) is 0 Å². The summed E-state index contributed by atoms with van der Waals surface area (Å²) in [7, 11) is 2.15. The van der Waals surface area contributed by atoms with Gasteiger partial charge in [-0.2, -0.15) is 0 Å². The van der Waals surface area contributed by atoms with Gasteiger partial charge in [0.05, 0.1) is 6.54 Å². The molecule has 0 spiro atoms. The number of guanidine groups is 1. The summed E-state index contributed by atoms with van der Waals surface area (Å²) < 4.78 is 0. The lowest BCUT2D eigenvalue weighted by molar-refractivity contribution is 0.312. The number of rotatable bonds is 6. The van der Waals surface area contributed by atoms with E-state index in [1.165, 1.54) is 0 Å². The summed E-state index contributed by atoms with van der Waals surface area (Å²) in [6.07, 6.45) is 4.47. The first-order valence-electron chi connectivity index (χ1n) is 9.03. The SMILES string of the molecule is CN1CCN(c2cc(CN=C(N)NCCc3ccccn3)ccn2)CC1. The van der Waals surface area contributed by atoms with Gasteiger partial charge >= 0.3 is 0 Å². The molecule has 26 heavy (non-hydrogen) atoms. The van der Waals surface area contributed by atoms with Crippen molar-refractivity contribution < 1.29 is 0 Å².